The van der Waals surface area contributed by atoms with Gasteiger partial charge in [-0.2, -0.15) is 0 Å². The molecule has 6 nitrogen and oxygen atoms in total. The third-order valence-corrected chi connectivity index (χ3v) is 4.86. The lowest BCUT2D eigenvalue weighted by atomic mass is 9.97. The van der Waals surface area contributed by atoms with Crippen LogP contribution in [0.3, 0.4) is 0 Å². The SMILES string of the molecule is COc1cc(CCC(=O)N2CCc3ccc(C(=O)O)cc3C2)cc(OC)c1. The molecule has 1 N–H and O–H groups in total. The molecule has 3 rings (SSSR count). The summed E-state index contributed by atoms with van der Waals surface area (Å²) in [6, 6.07) is 10.7. The van der Waals surface area contributed by atoms with Crippen molar-refractivity contribution in [2.45, 2.75) is 25.8 Å². The number of aryl methyl sites for hydroxylation is 1. The number of fused-ring (bicyclic) bond motifs is 1. The van der Waals surface area contributed by atoms with Crippen molar-refractivity contribution in [3.05, 3.63) is 58.7 Å². The van der Waals surface area contributed by atoms with Crippen LogP contribution in [0.5, 0.6) is 11.5 Å². The van der Waals surface area contributed by atoms with Crippen molar-refractivity contribution in [1.82, 2.24) is 4.90 Å². The Labute approximate surface area is 158 Å². The number of methoxy groups -OCH3 is 2. The van der Waals surface area contributed by atoms with E-state index >= 15 is 0 Å². The Kier molecular flexibility index (Phi) is 5.64. The number of carbonyl (C=O) groups is 2. The molecule has 0 aliphatic carbocycles. The number of amides is 1. The second kappa shape index (κ2) is 8.12. The molecule has 142 valence electrons. The molecule has 0 radical (unpaired) electrons. The third-order valence-electron chi connectivity index (χ3n) is 4.86. The van der Waals surface area contributed by atoms with Gasteiger partial charge in [-0.3, -0.25) is 4.79 Å². The van der Waals surface area contributed by atoms with E-state index in [1.54, 1.807) is 37.3 Å². The topological polar surface area (TPSA) is 76.1 Å². The van der Waals surface area contributed by atoms with E-state index in [0.29, 0.717) is 37.4 Å². The molecule has 0 bridgehead atoms. The van der Waals surface area contributed by atoms with Crippen LogP contribution in [0.2, 0.25) is 0 Å². The van der Waals surface area contributed by atoms with Crippen molar-refractivity contribution in [2.75, 3.05) is 20.8 Å². The van der Waals surface area contributed by atoms with Gasteiger partial charge < -0.3 is 19.5 Å². The molecule has 0 fully saturated rings. The highest BCUT2D eigenvalue weighted by Crippen LogP contribution is 2.25. The van der Waals surface area contributed by atoms with Crippen molar-refractivity contribution in [3.63, 3.8) is 0 Å². The van der Waals surface area contributed by atoms with Crippen LogP contribution in [0.1, 0.15) is 33.5 Å². The Balaban J connectivity index is 1.66. The summed E-state index contributed by atoms with van der Waals surface area (Å²) in [5.74, 6) is 0.506. The number of ether oxygens (including phenoxy) is 2. The van der Waals surface area contributed by atoms with Crippen molar-refractivity contribution in [3.8, 4) is 11.5 Å². The maximum Gasteiger partial charge on any atom is 0.335 e. The lowest BCUT2D eigenvalue weighted by Gasteiger charge is -2.29. The molecule has 1 aliphatic heterocycles. The van der Waals surface area contributed by atoms with Gasteiger partial charge in [-0.15, -0.1) is 0 Å². The first-order valence-corrected chi connectivity index (χ1v) is 8.85. The lowest BCUT2D eigenvalue weighted by molar-refractivity contribution is -0.132. The molecular formula is C21H23NO5. The van der Waals surface area contributed by atoms with Crippen molar-refractivity contribution < 1.29 is 24.2 Å². The van der Waals surface area contributed by atoms with Gasteiger partial charge >= 0.3 is 5.97 Å². The number of carboxylic acid groups (broad SMARTS) is 1. The predicted molar refractivity (Wildman–Crippen MR) is 100 cm³/mol. The Morgan fingerprint density at radius 3 is 2.37 bits per heavy atom. The maximum atomic E-state index is 12.7. The van der Waals surface area contributed by atoms with Gasteiger partial charge in [-0.05, 0) is 53.8 Å². The van der Waals surface area contributed by atoms with Gasteiger partial charge in [0.25, 0.3) is 0 Å². The minimum atomic E-state index is -0.951. The summed E-state index contributed by atoms with van der Waals surface area (Å²) < 4.78 is 10.5. The van der Waals surface area contributed by atoms with E-state index in [1.165, 1.54) is 0 Å². The average Bonchev–Trinajstić information content (AvgIpc) is 2.70. The lowest BCUT2D eigenvalue weighted by Crippen LogP contribution is -2.36. The Morgan fingerprint density at radius 2 is 1.74 bits per heavy atom. The molecule has 0 unspecified atom stereocenters. The molecule has 1 heterocycles. The summed E-state index contributed by atoms with van der Waals surface area (Å²) in [7, 11) is 3.19. The molecule has 27 heavy (non-hydrogen) atoms. The zero-order chi connectivity index (χ0) is 19.4. The minimum absolute atomic E-state index is 0.0585. The van der Waals surface area contributed by atoms with Crippen LogP contribution in [0.4, 0.5) is 0 Å². The van der Waals surface area contributed by atoms with Gasteiger partial charge in [0, 0.05) is 25.6 Å². The zero-order valence-electron chi connectivity index (χ0n) is 15.5. The first-order chi connectivity index (χ1) is 13.0. The van der Waals surface area contributed by atoms with Crippen LogP contribution in [0.25, 0.3) is 0 Å². The fourth-order valence-corrected chi connectivity index (χ4v) is 3.32. The van der Waals surface area contributed by atoms with Crippen molar-refractivity contribution in [2.24, 2.45) is 0 Å². The van der Waals surface area contributed by atoms with Crippen LogP contribution >= 0.6 is 0 Å². The van der Waals surface area contributed by atoms with Crippen LogP contribution in [0, 0.1) is 0 Å². The molecule has 1 aliphatic rings. The second-order valence-corrected chi connectivity index (χ2v) is 6.57. The molecule has 0 saturated heterocycles. The molecule has 2 aromatic rings. The number of carbonyl (C=O) groups excluding carboxylic acids is 1. The minimum Gasteiger partial charge on any atom is -0.497 e. The summed E-state index contributed by atoms with van der Waals surface area (Å²) in [4.78, 5) is 25.6. The Bertz CT molecular complexity index is 839. The van der Waals surface area contributed by atoms with Crippen molar-refractivity contribution in [1.29, 1.82) is 0 Å². The molecule has 2 aromatic carbocycles. The molecule has 0 atom stereocenters. The summed E-state index contributed by atoms with van der Waals surface area (Å²) in [6.07, 6.45) is 1.71. The first-order valence-electron chi connectivity index (χ1n) is 8.85. The van der Waals surface area contributed by atoms with Crippen LogP contribution in [-0.2, 0) is 24.2 Å². The fourth-order valence-electron chi connectivity index (χ4n) is 3.32. The highest BCUT2D eigenvalue weighted by atomic mass is 16.5. The van der Waals surface area contributed by atoms with E-state index in [1.807, 2.05) is 18.2 Å². The molecule has 6 heteroatoms. The highest BCUT2D eigenvalue weighted by molar-refractivity contribution is 5.88. The number of hydrogen-bond acceptors (Lipinski definition) is 4. The molecule has 0 saturated carbocycles. The summed E-state index contributed by atoms with van der Waals surface area (Å²) >= 11 is 0. The molecular weight excluding hydrogens is 346 g/mol. The van der Waals surface area contributed by atoms with E-state index in [9.17, 15) is 9.59 Å². The highest BCUT2D eigenvalue weighted by Gasteiger charge is 2.21. The van der Waals surface area contributed by atoms with Gasteiger partial charge in [0.15, 0.2) is 0 Å². The number of hydrogen-bond donors (Lipinski definition) is 1. The van der Waals surface area contributed by atoms with Crippen LogP contribution in [-0.4, -0.2) is 42.6 Å². The number of benzene rings is 2. The predicted octanol–water partition coefficient (Wildman–Crippen LogP) is 2.92. The smallest absolute Gasteiger partial charge is 0.335 e. The average molecular weight is 369 g/mol. The Hall–Kier alpha value is -3.02. The largest absolute Gasteiger partial charge is 0.497 e. The van der Waals surface area contributed by atoms with Crippen molar-refractivity contribution >= 4 is 11.9 Å². The molecule has 1 amide bonds. The second-order valence-electron chi connectivity index (χ2n) is 6.57. The van der Waals surface area contributed by atoms with E-state index in [0.717, 1.165) is 23.1 Å². The summed E-state index contributed by atoms with van der Waals surface area (Å²) in [5.41, 5.74) is 3.26. The normalized spacial score (nSPS) is 13.0. The molecule has 0 aromatic heterocycles. The van der Waals surface area contributed by atoms with E-state index in [2.05, 4.69) is 0 Å². The number of rotatable bonds is 6. The van der Waals surface area contributed by atoms with Crippen LogP contribution < -0.4 is 9.47 Å². The van der Waals surface area contributed by atoms with E-state index in [-0.39, 0.29) is 11.5 Å². The Morgan fingerprint density at radius 1 is 1.04 bits per heavy atom. The van der Waals surface area contributed by atoms with Gasteiger partial charge in [0.2, 0.25) is 5.91 Å². The van der Waals surface area contributed by atoms with Crippen LogP contribution in [0.15, 0.2) is 36.4 Å². The number of carboxylic acids is 1. The summed E-state index contributed by atoms with van der Waals surface area (Å²) in [5, 5.41) is 9.16. The molecule has 0 spiro atoms. The standard InChI is InChI=1S/C21H23NO5/c1-26-18-9-14(10-19(12-18)27-2)3-6-20(23)22-8-7-15-4-5-16(21(24)25)11-17(15)13-22/h4-5,9-12H,3,6-8,13H2,1-2H3,(H,24,25). The monoisotopic (exact) mass is 369 g/mol. The third kappa shape index (κ3) is 4.39. The van der Waals surface area contributed by atoms with Gasteiger partial charge in [-0.1, -0.05) is 6.07 Å². The van der Waals surface area contributed by atoms with Gasteiger partial charge in [0.05, 0.1) is 19.8 Å². The number of nitrogens with zero attached hydrogens (tertiary/aromatic N) is 1. The van der Waals surface area contributed by atoms with Gasteiger partial charge in [0.1, 0.15) is 11.5 Å². The number of aromatic carboxylic acids is 1. The van der Waals surface area contributed by atoms with E-state index in [4.69, 9.17) is 14.6 Å². The first kappa shape index (κ1) is 18.8. The maximum absolute atomic E-state index is 12.7. The fraction of sp³-hybridized carbons (Fsp3) is 0.333. The quantitative estimate of drug-likeness (QED) is 0.847. The van der Waals surface area contributed by atoms with Gasteiger partial charge in [-0.25, -0.2) is 4.79 Å². The summed E-state index contributed by atoms with van der Waals surface area (Å²) in [6.45, 7) is 1.11. The zero-order valence-corrected chi connectivity index (χ0v) is 15.5. The van der Waals surface area contributed by atoms with E-state index < -0.39 is 5.97 Å².